The van der Waals surface area contributed by atoms with E-state index in [4.69, 9.17) is 23.1 Å². The molecule has 0 rings (SSSR count). The summed E-state index contributed by atoms with van der Waals surface area (Å²) in [7, 11) is 0. The molecule has 0 saturated heterocycles. The third kappa shape index (κ3) is 9.49. The minimum absolute atomic E-state index is 0. The van der Waals surface area contributed by atoms with Crippen molar-refractivity contribution in [1.29, 1.82) is 0 Å². The highest BCUT2D eigenvalue weighted by Crippen LogP contribution is 2.09. The Kier molecular flexibility index (Phi) is 3.69. The first-order chi connectivity index (χ1) is 8.07. The molecule has 0 spiro atoms. The lowest BCUT2D eigenvalue weighted by Gasteiger charge is -2.19. The molecule has 1 unspecified atom stereocenters. The van der Waals surface area contributed by atoms with Crippen LogP contribution in [-0.2, 0) is 14.3 Å². The van der Waals surface area contributed by atoms with Gasteiger partial charge in [0.1, 0.15) is 5.60 Å². The van der Waals surface area contributed by atoms with Crippen LogP contribution in [0, 0.1) is 0 Å². The third-order valence-corrected chi connectivity index (χ3v) is 0.964. The summed E-state index contributed by atoms with van der Waals surface area (Å²) in [5, 5.41) is 0. The molecule has 1 atom stereocenters. The minimum Gasteiger partial charge on any atom is -0.460 e. The van der Waals surface area contributed by atoms with E-state index in [9.17, 15) is 9.59 Å². The predicted octanol–water partition coefficient (Wildman–Crippen LogP) is 0.343. The van der Waals surface area contributed by atoms with E-state index in [1.165, 1.54) is 20.8 Å². The topological polar surface area (TPSA) is 95.4 Å². The lowest BCUT2D eigenvalue weighted by molar-refractivity contribution is -0.155. The molecule has 5 nitrogen and oxygen atoms in total. The van der Waals surface area contributed by atoms with E-state index in [0.717, 1.165) is 0 Å². The maximum atomic E-state index is 11.7. The first-order valence-electron chi connectivity index (χ1n) is 6.39. The van der Waals surface area contributed by atoms with Crippen molar-refractivity contribution in [1.82, 2.24) is 0 Å². The van der Waals surface area contributed by atoms with Gasteiger partial charge in [-0.25, -0.2) is 0 Å². The van der Waals surface area contributed by atoms with Gasteiger partial charge in [0.2, 0.25) is 5.91 Å². The Balaban J connectivity index is 0. The van der Waals surface area contributed by atoms with Gasteiger partial charge in [0, 0.05) is 11.9 Å². The summed E-state index contributed by atoms with van der Waals surface area (Å²) in [5.41, 5.74) is 8.80. The fourth-order valence-electron chi connectivity index (χ4n) is 0.484. The van der Waals surface area contributed by atoms with E-state index >= 15 is 0 Å². The average Bonchev–Trinajstić information content (AvgIpc) is 2.13. The van der Waals surface area contributed by atoms with Crippen LogP contribution in [0.15, 0.2) is 0 Å². The Labute approximate surface area is 103 Å². The van der Waals surface area contributed by atoms with Gasteiger partial charge in [-0.3, -0.25) is 9.59 Å². The van der Waals surface area contributed by atoms with Gasteiger partial charge in [-0.05, 0) is 27.1 Å². The molecule has 0 heterocycles. The number of halogens is 1. The molecule has 0 bridgehead atoms. The lowest BCUT2D eigenvalue weighted by Crippen LogP contribution is -2.37. The highest BCUT2D eigenvalue weighted by atomic mass is 35.5. The number of hydrogen-bond acceptors (Lipinski definition) is 4. The molecule has 0 aromatic heterocycles. The van der Waals surface area contributed by atoms with E-state index in [-0.39, 0.29) is 12.4 Å². The monoisotopic (exact) mass is 243 g/mol. The second-order valence-electron chi connectivity index (χ2n) is 3.53. The highest BCUT2D eigenvalue weighted by Gasteiger charge is 2.18. The molecule has 15 heavy (non-hydrogen) atoms. The zero-order valence-corrected chi connectivity index (χ0v) is 9.60. The largest absolute Gasteiger partial charge is 0.460 e. The molecule has 0 aromatic rings. The van der Waals surface area contributed by atoms with E-state index in [0.29, 0.717) is 0 Å². The molecule has 6 heteroatoms. The van der Waals surface area contributed by atoms with Gasteiger partial charge in [0.15, 0.2) is 0 Å². The first kappa shape index (κ1) is 8.35. The molecule has 0 aliphatic rings. The highest BCUT2D eigenvalue weighted by molar-refractivity contribution is 5.85. The van der Waals surface area contributed by atoms with Crippen molar-refractivity contribution in [3.8, 4) is 0 Å². The normalized spacial score (nSPS) is 21.5. The van der Waals surface area contributed by atoms with Crippen LogP contribution in [0.3, 0.4) is 0 Å². The number of carbonyl (C=O) groups excluding carboxylic acids is 2. The Bertz CT molecular complexity index is 396. The standard InChI is InChI=1S/C9H18N2O3.ClH/c1-9(2,3)14-7(12)5-4-6(10)8(11)13;/h6H,4-5,10H2,1-3H3,(H2,11,13);1H/i4D2,5D2,6D;. The van der Waals surface area contributed by atoms with Crippen LogP contribution < -0.4 is 11.5 Å². The summed E-state index contributed by atoms with van der Waals surface area (Å²) in [6.45, 7) is 4.38. The third-order valence-electron chi connectivity index (χ3n) is 0.964. The smallest absolute Gasteiger partial charge is 0.306 e. The van der Waals surface area contributed by atoms with Crippen LogP contribution in [0.5, 0.6) is 0 Å². The quantitative estimate of drug-likeness (QED) is 0.696. The SMILES string of the molecule is Cl.[2H]C([2H])(C(=O)OC(C)(C)C)C([2H])([2H])C([2H])(N)C(N)=O. The summed E-state index contributed by atoms with van der Waals surface area (Å²) in [5.74, 6) is -3.15. The van der Waals surface area contributed by atoms with E-state index in [2.05, 4.69) is 0 Å². The fraction of sp³-hybridized carbons (Fsp3) is 0.778. The van der Waals surface area contributed by atoms with Gasteiger partial charge in [0.05, 0.1) is 7.39 Å². The summed E-state index contributed by atoms with van der Waals surface area (Å²) in [4.78, 5) is 22.6. The summed E-state index contributed by atoms with van der Waals surface area (Å²) >= 11 is 0. The molecule has 0 radical (unpaired) electrons. The molecule has 0 aliphatic heterocycles. The van der Waals surface area contributed by atoms with Crippen LogP contribution in [0.2, 0.25) is 0 Å². The Hall–Kier alpha value is -0.810. The molecule has 0 fully saturated rings. The van der Waals surface area contributed by atoms with Crippen LogP contribution in [0.1, 0.15) is 40.4 Å². The minimum atomic E-state index is -3.37. The van der Waals surface area contributed by atoms with Crippen LogP contribution in [-0.4, -0.2) is 23.5 Å². The van der Waals surface area contributed by atoms with Crippen molar-refractivity contribution in [2.45, 2.75) is 45.1 Å². The van der Waals surface area contributed by atoms with Gasteiger partial charge in [-0.2, -0.15) is 0 Å². The van der Waals surface area contributed by atoms with Crippen molar-refractivity contribution in [2.75, 3.05) is 0 Å². The second kappa shape index (κ2) is 6.63. The number of esters is 1. The molecular formula is C9H19ClN2O3. The molecule has 1 amide bonds. The first-order valence-corrected chi connectivity index (χ1v) is 3.89. The molecule has 0 aromatic carbocycles. The molecule has 4 N–H and O–H groups in total. The zero-order chi connectivity index (χ0) is 15.9. The number of carbonyl (C=O) groups is 2. The zero-order valence-electron chi connectivity index (χ0n) is 13.8. The predicted molar refractivity (Wildman–Crippen MR) is 59.5 cm³/mol. The number of primary amides is 1. The number of hydrogen-bond donors (Lipinski definition) is 2. The number of rotatable bonds is 4. The van der Waals surface area contributed by atoms with Gasteiger partial charge < -0.3 is 16.2 Å². The molecule has 90 valence electrons. The number of ether oxygens (including phenoxy) is 1. The molecular weight excluding hydrogens is 220 g/mol. The number of nitrogens with two attached hydrogens (primary N) is 2. The summed E-state index contributed by atoms with van der Waals surface area (Å²) in [6, 6.07) is -3.12. The van der Waals surface area contributed by atoms with Crippen LogP contribution >= 0.6 is 12.4 Å². The van der Waals surface area contributed by atoms with Crippen molar-refractivity contribution in [3.63, 3.8) is 0 Å². The average molecular weight is 244 g/mol. The van der Waals surface area contributed by atoms with Gasteiger partial charge in [-0.15, -0.1) is 12.4 Å². The second-order valence-corrected chi connectivity index (χ2v) is 3.53. The van der Waals surface area contributed by atoms with E-state index in [1.54, 1.807) is 0 Å². The van der Waals surface area contributed by atoms with E-state index < -0.39 is 36.2 Å². The summed E-state index contributed by atoms with van der Waals surface area (Å²) in [6.07, 6.45) is -6.68. The Morgan fingerprint density at radius 2 is 2.00 bits per heavy atom. The Morgan fingerprint density at radius 3 is 2.33 bits per heavy atom. The van der Waals surface area contributed by atoms with Crippen molar-refractivity contribution in [2.24, 2.45) is 11.5 Å². The number of amides is 1. The summed E-state index contributed by atoms with van der Waals surface area (Å²) < 4.78 is 42.0. The van der Waals surface area contributed by atoms with Gasteiger partial charge in [0.25, 0.3) is 0 Å². The van der Waals surface area contributed by atoms with Crippen LogP contribution in [0.4, 0.5) is 0 Å². The van der Waals surface area contributed by atoms with E-state index in [1.807, 2.05) is 0 Å². The van der Waals surface area contributed by atoms with Crippen molar-refractivity contribution < 1.29 is 21.2 Å². The van der Waals surface area contributed by atoms with Crippen LogP contribution in [0.25, 0.3) is 0 Å². The molecule has 0 saturated carbocycles. The van der Waals surface area contributed by atoms with Gasteiger partial charge in [-0.1, -0.05) is 0 Å². The lowest BCUT2D eigenvalue weighted by atomic mass is 10.1. The molecule has 0 aliphatic carbocycles. The van der Waals surface area contributed by atoms with Crippen molar-refractivity contribution in [3.05, 3.63) is 0 Å². The Morgan fingerprint density at radius 1 is 1.53 bits per heavy atom. The van der Waals surface area contributed by atoms with Crippen molar-refractivity contribution >= 4 is 24.3 Å². The maximum Gasteiger partial charge on any atom is 0.306 e. The van der Waals surface area contributed by atoms with Gasteiger partial charge >= 0.3 is 5.97 Å². The fourth-order valence-corrected chi connectivity index (χ4v) is 0.484. The maximum absolute atomic E-state index is 11.7.